The Morgan fingerprint density at radius 3 is 2.27 bits per heavy atom. The maximum atomic E-state index is 13.1. The van der Waals surface area contributed by atoms with Crippen LogP contribution in [0.2, 0.25) is 0 Å². The number of rotatable bonds is 5. The van der Waals surface area contributed by atoms with Crippen LogP contribution in [0.1, 0.15) is 44.9 Å². The molecule has 8 heteroatoms. The Bertz CT molecular complexity index is 590. The maximum Gasteiger partial charge on any atom is 0.241 e. The lowest BCUT2D eigenvalue weighted by molar-refractivity contribution is -0.125. The molecule has 0 atom stereocenters. The van der Waals surface area contributed by atoms with Gasteiger partial charge in [0.15, 0.2) is 14.6 Å². The predicted molar refractivity (Wildman–Crippen MR) is 101 cm³/mol. The second-order valence-electron chi connectivity index (χ2n) is 8.08. The standard InChI is InChI=1S/C18H33N3O4S/c1-26(23,24)18(7-9-19-10-8-18)16(22)20-15-17(5-3-2-4-6-17)21-11-13-25-14-12-21/h19H,2-15H2,1H3,(H,20,22). The number of carbonyl (C=O) groups is 1. The van der Waals surface area contributed by atoms with Crippen molar-refractivity contribution >= 4 is 15.7 Å². The second-order valence-corrected chi connectivity index (χ2v) is 10.4. The number of hydrogen-bond acceptors (Lipinski definition) is 6. The number of sulfone groups is 1. The topological polar surface area (TPSA) is 87.7 Å². The third-order valence-corrected chi connectivity index (χ3v) is 8.59. The first-order chi connectivity index (χ1) is 12.4. The fraction of sp³-hybridized carbons (Fsp3) is 0.944. The number of hydrogen-bond donors (Lipinski definition) is 2. The molecule has 2 saturated heterocycles. The van der Waals surface area contributed by atoms with E-state index >= 15 is 0 Å². The Labute approximate surface area is 157 Å². The highest BCUT2D eigenvalue weighted by Crippen LogP contribution is 2.35. The predicted octanol–water partition coefficient (Wildman–Crippen LogP) is 0.305. The van der Waals surface area contributed by atoms with E-state index in [0.29, 0.717) is 32.5 Å². The van der Waals surface area contributed by atoms with Crippen molar-refractivity contribution < 1.29 is 17.9 Å². The molecule has 0 radical (unpaired) electrons. The Hall–Kier alpha value is -0.700. The number of piperidine rings is 1. The minimum absolute atomic E-state index is 0.0523. The van der Waals surface area contributed by atoms with Crippen molar-refractivity contribution in [3.05, 3.63) is 0 Å². The van der Waals surface area contributed by atoms with Gasteiger partial charge < -0.3 is 15.4 Å². The first-order valence-electron chi connectivity index (χ1n) is 9.91. The Morgan fingerprint density at radius 1 is 1.08 bits per heavy atom. The monoisotopic (exact) mass is 387 g/mol. The maximum absolute atomic E-state index is 13.1. The molecular weight excluding hydrogens is 354 g/mol. The van der Waals surface area contributed by atoms with Crippen molar-refractivity contribution in [1.82, 2.24) is 15.5 Å². The number of ether oxygens (including phenoxy) is 1. The molecule has 3 aliphatic rings. The molecule has 0 aromatic heterocycles. The van der Waals surface area contributed by atoms with Gasteiger partial charge in [0.05, 0.1) is 13.2 Å². The average molecular weight is 388 g/mol. The summed E-state index contributed by atoms with van der Waals surface area (Å²) in [6.45, 7) is 4.90. The van der Waals surface area contributed by atoms with Crippen LogP contribution in [0.15, 0.2) is 0 Å². The van der Waals surface area contributed by atoms with Crippen molar-refractivity contribution in [3.63, 3.8) is 0 Å². The van der Waals surface area contributed by atoms with Crippen LogP contribution in [0.5, 0.6) is 0 Å². The van der Waals surface area contributed by atoms with Crippen molar-refractivity contribution in [2.24, 2.45) is 0 Å². The summed E-state index contributed by atoms with van der Waals surface area (Å²) in [4.78, 5) is 15.5. The van der Waals surface area contributed by atoms with Gasteiger partial charge in [0.1, 0.15) is 0 Å². The van der Waals surface area contributed by atoms with E-state index in [1.165, 1.54) is 12.7 Å². The minimum Gasteiger partial charge on any atom is -0.379 e. The molecule has 2 heterocycles. The van der Waals surface area contributed by atoms with Crippen molar-refractivity contribution in [2.75, 3.05) is 52.2 Å². The highest BCUT2D eigenvalue weighted by atomic mass is 32.2. The summed E-state index contributed by atoms with van der Waals surface area (Å²) in [6.07, 6.45) is 7.57. The number of carbonyl (C=O) groups excluding carboxylic acids is 1. The zero-order valence-electron chi connectivity index (χ0n) is 15.9. The highest BCUT2D eigenvalue weighted by Gasteiger charge is 2.49. The second kappa shape index (κ2) is 8.12. The summed E-state index contributed by atoms with van der Waals surface area (Å²) in [5.74, 6) is -0.306. The zero-order chi connectivity index (χ0) is 18.7. The van der Waals surface area contributed by atoms with Crippen molar-refractivity contribution in [3.8, 4) is 0 Å². The molecule has 3 rings (SSSR count). The normalized spacial score (nSPS) is 27.0. The molecular formula is C18H33N3O4S. The fourth-order valence-electron chi connectivity index (χ4n) is 4.86. The molecule has 3 fully saturated rings. The lowest BCUT2D eigenvalue weighted by Gasteiger charge is -2.48. The first-order valence-corrected chi connectivity index (χ1v) is 11.8. The van der Waals surface area contributed by atoms with Crippen LogP contribution in [-0.2, 0) is 19.4 Å². The number of morpholine rings is 1. The smallest absolute Gasteiger partial charge is 0.241 e. The van der Waals surface area contributed by atoms with Gasteiger partial charge in [0, 0.05) is 31.4 Å². The molecule has 26 heavy (non-hydrogen) atoms. The van der Waals surface area contributed by atoms with Gasteiger partial charge in [-0.2, -0.15) is 0 Å². The van der Waals surface area contributed by atoms with E-state index in [1.807, 2.05) is 0 Å². The molecule has 0 aromatic carbocycles. The summed E-state index contributed by atoms with van der Waals surface area (Å²) in [6, 6.07) is 0. The summed E-state index contributed by atoms with van der Waals surface area (Å²) < 4.78 is 29.2. The minimum atomic E-state index is -3.47. The zero-order valence-corrected chi connectivity index (χ0v) is 16.7. The van der Waals surface area contributed by atoms with Crippen molar-refractivity contribution in [1.29, 1.82) is 0 Å². The SMILES string of the molecule is CS(=O)(=O)C1(C(=O)NCC2(N3CCOCC3)CCCCC2)CCNCC1. The van der Waals surface area contributed by atoms with E-state index < -0.39 is 14.6 Å². The van der Waals surface area contributed by atoms with E-state index in [0.717, 1.165) is 52.0 Å². The molecule has 1 saturated carbocycles. The van der Waals surface area contributed by atoms with Crippen LogP contribution in [0, 0.1) is 0 Å². The van der Waals surface area contributed by atoms with Gasteiger partial charge in [-0.15, -0.1) is 0 Å². The largest absolute Gasteiger partial charge is 0.379 e. The molecule has 2 aliphatic heterocycles. The molecule has 1 amide bonds. The van der Waals surface area contributed by atoms with Gasteiger partial charge in [-0.05, 0) is 38.8 Å². The molecule has 2 N–H and O–H groups in total. The molecule has 7 nitrogen and oxygen atoms in total. The van der Waals surface area contributed by atoms with E-state index in [2.05, 4.69) is 15.5 Å². The summed E-state index contributed by atoms with van der Waals surface area (Å²) >= 11 is 0. The van der Waals surface area contributed by atoms with Gasteiger partial charge >= 0.3 is 0 Å². The molecule has 1 aliphatic carbocycles. The first kappa shape index (κ1) is 20.0. The lowest BCUT2D eigenvalue weighted by atomic mass is 9.79. The van der Waals surface area contributed by atoms with Crippen LogP contribution >= 0.6 is 0 Å². The van der Waals surface area contributed by atoms with Crippen LogP contribution in [0.25, 0.3) is 0 Å². The Kier molecular flexibility index (Phi) is 6.26. The summed E-state index contributed by atoms with van der Waals surface area (Å²) in [7, 11) is -3.47. The average Bonchev–Trinajstić information content (AvgIpc) is 2.67. The quantitative estimate of drug-likeness (QED) is 0.706. The lowest BCUT2D eigenvalue weighted by Crippen LogP contribution is -2.63. The van der Waals surface area contributed by atoms with Crippen LogP contribution in [0.3, 0.4) is 0 Å². The van der Waals surface area contributed by atoms with Gasteiger partial charge in [0.25, 0.3) is 0 Å². The molecule has 0 bridgehead atoms. The highest BCUT2D eigenvalue weighted by molar-refractivity contribution is 7.92. The Morgan fingerprint density at radius 2 is 1.69 bits per heavy atom. The number of nitrogens with one attached hydrogen (secondary N) is 2. The van der Waals surface area contributed by atoms with Crippen LogP contribution in [0.4, 0.5) is 0 Å². The summed E-state index contributed by atoms with van der Waals surface area (Å²) in [5.41, 5.74) is -0.0523. The van der Waals surface area contributed by atoms with Crippen LogP contribution in [-0.4, -0.2) is 81.7 Å². The van der Waals surface area contributed by atoms with E-state index in [-0.39, 0.29) is 11.4 Å². The number of nitrogens with zero attached hydrogens (tertiary/aromatic N) is 1. The van der Waals surface area contributed by atoms with Gasteiger partial charge in [-0.25, -0.2) is 8.42 Å². The molecule has 0 aromatic rings. The van der Waals surface area contributed by atoms with E-state index in [4.69, 9.17) is 4.74 Å². The van der Waals surface area contributed by atoms with Gasteiger partial charge in [-0.3, -0.25) is 9.69 Å². The molecule has 0 spiro atoms. The fourth-order valence-corrected chi connectivity index (χ4v) is 6.21. The Balaban J connectivity index is 1.74. The van der Waals surface area contributed by atoms with Crippen molar-refractivity contribution in [2.45, 2.75) is 55.2 Å². The van der Waals surface area contributed by atoms with Crippen LogP contribution < -0.4 is 10.6 Å². The van der Waals surface area contributed by atoms with Gasteiger partial charge in [0.2, 0.25) is 5.91 Å². The van der Waals surface area contributed by atoms with E-state index in [9.17, 15) is 13.2 Å². The molecule has 150 valence electrons. The molecule has 0 unspecified atom stereocenters. The van der Waals surface area contributed by atoms with Gasteiger partial charge in [-0.1, -0.05) is 19.3 Å². The third kappa shape index (κ3) is 3.93. The van der Waals surface area contributed by atoms with E-state index in [1.54, 1.807) is 0 Å². The number of amides is 1. The third-order valence-electron chi connectivity index (χ3n) is 6.58. The summed E-state index contributed by atoms with van der Waals surface area (Å²) in [5, 5.41) is 6.24.